The van der Waals surface area contributed by atoms with E-state index in [2.05, 4.69) is 10.3 Å². The summed E-state index contributed by atoms with van der Waals surface area (Å²) in [4.78, 5) is 4.10. The number of hydrogen-bond donors (Lipinski definition) is 1. The van der Waals surface area contributed by atoms with Crippen LogP contribution in [-0.4, -0.2) is 4.98 Å². The van der Waals surface area contributed by atoms with Gasteiger partial charge in [-0.1, -0.05) is 18.2 Å². The van der Waals surface area contributed by atoms with E-state index in [4.69, 9.17) is 0 Å². The minimum atomic E-state index is -0.166. The Morgan fingerprint density at radius 1 is 1.28 bits per heavy atom. The highest BCUT2D eigenvalue weighted by atomic mass is 19.1. The second-order valence-electron chi connectivity index (χ2n) is 4.43. The molecule has 0 saturated heterocycles. The number of pyridine rings is 1. The average Bonchev–Trinajstić information content (AvgIpc) is 2.38. The van der Waals surface area contributed by atoms with Gasteiger partial charge >= 0.3 is 0 Å². The molecule has 2 nitrogen and oxygen atoms in total. The summed E-state index contributed by atoms with van der Waals surface area (Å²) in [5, 5.41) is 3.32. The summed E-state index contributed by atoms with van der Waals surface area (Å²) >= 11 is 0. The summed E-state index contributed by atoms with van der Waals surface area (Å²) in [6.45, 7) is 4.70. The molecular formula is C15H17FN2. The van der Waals surface area contributed by atoms with Crippen molar-refractivity contribution in [2.45, 2.75) is 26.4 Å². The molecule has 18 heavy (non-hydrogen) atoms. The van der Waals surface area contributed by atoms with Crippen LogP contribution in [0.3, 0.4) is 0 Å². The van der Waals surface area contributed by atoms with Crippen LogP contribution in [0.4, 0.5) is 4.39 Å². The van der Waals surface area contributed by atoms with E-state index < -0.39 is 0 Å². The van der Waals surface area contributed by atoms with Crippen molar-refractivity contribution in [3.8, 4) is 0 Å². The lowest BCUT2D eigenvalue weighted by molar-refractivity contribution is 0.527. The lowest BCUT2D eigenvalue weighted by atomic mass is 10.1. The molecular weight excluding hydrogens is 227 g/mol. The number of aryl methyl sites for hydroxylation is 1. The third-order valence-corrected chi connectivity index (χ3v) is 3.12. The smallest absolute Gasteiger partial charge is 0.127 e. The van der Waals surface area contributed by atoms with Crippen molar-refractivity contribution in [1.82, 2.24) is 10.3 Å². The van der Waals surface area contributed by atoms with Gasteiger partial charge in [-0.15, -0.1) is 0 Å². The molecule has 3 heteroatoms. The van der Waals surface area contributed by atoms with Gasteiger partial charge in [0.25, 0.3) is 0 Å². The Balaban J connectivity index is 2.03. The van der Waals surface area contributed by atoms with Gasteiger partial charge < -0.3 is 5.32 Å². The Bertz CT molecular complexity index is 525. The highest BCUT2D eigenvalue weighted by Gasteiger charge is 2.09. The Labute approximate surface area is 107 Å². The van der Waals surface area contributed by atoms with E-state index in [-0.39, 0.29) is 11.9 Å². The summed E-state index contributed by atoms with van der Waals surface area (Å²) < 4.78 is 13.6. The Morgan fingerprint density at radius 2 is 2.06 bits per heavy atom. The largest absolute Gasteiger partial charge is 0.306 e. The van der Waals surface area contributed by atoms with Gasteiger partial charge in [0, 0.05) is 30.5 Å². The van der Waals surface area contributed by atoms with Gasteiger partial charge in [-0.05, 0) is 37.1 Å². The van der Waals surface area contributed by atoms with Crippen LogP contribution in [0.1, 0.15) is 29.7 Å². The first kappa shape index (κ1) is 12.7. The number of halogens is 1. The molecule has 0 aliphatic heterocycles. The first-order chi connectivity index (χ1) is 8.68. The van der Waals surface area contributed by atoms with E-state index in [1.54, 1.807) is 12.3 Å². The van der Waals surface area contributed by atoms with E-state index in [0.29, 0.717) is 12.1 Å². The molecule has 0 fully saturated rings. The Kier molecular flexibility index (Phi) is 4.05. The van der Waals surface area contributed by atoms with Crippen LogP contribution in [0, 0.1) is 12.7 Å². The van der Waals surface area contributed by atoms with Crippen molar-refractivity contribution in [3.05, 3.63) is 65.2 Å². The summed E-state index contributed by atoms with van der Waals surface area (Å²) in [6.07, 6.45) is 3.62. The lowest BCUT2D eigenvalue weighted by Crippen LogP contribution is -2.19. The van der Waals surface area contributed by atoms with Gasteiger partial charge in [-0.3, -0.25) is 4.98 Å². The number of aromatic nitrogens is 1. The summed E-state index contributed by atoms with van der Waals surface area (Å²) in [7, 11) is 0. The van der Waals surface area contributed by atoms with Crippen LogP contribution >= 0.6 is 0 Å². The first-order valence-electron chi connectivity index (χ1n) is 6.06. The van der Waals surface area contributed by atoms with E-state index in [1.807, 2.05) is 38.2 Å². The molecule has 0 saturated carbocycles. The molecule has 1 heterocycles. The maximum Gasteiger partial charge on any atom is 0.127 e. The van der Waals surface area contributed by atoms with Gasteiger partial charge in [0.2, 0.25) is 0 Å². The molecule has 1 N–H and O–H groups in total. The molecule has 0 radical (unpaired) electrons. The molecule has 0 spiro atoms. The number of nitrogens with one attached hydrogen (secondary N) is 1. The second-order valence-corrected chi connectivity index (χ2v) is 4.43. The Hall–Kier alpha value is -1.74. The van der Waals surface area contributed by atoms with Crippen LogP contribution in [0.15, 0.2) is 42.7 Å². The van der Waals surface area contributed by atoms with Gasteiger partial charge in [-0.2, -0.15) is 0 Å². The number of benzene rings is 1. The monoisotopic (exact) mass is 244 g/mol. The minimum absolute atomic E-state index is 0.0224. The van der Waals surface area contributed by atoms with Crippen molar-refractivity contribution in [2.24, 2.45) is 0 Å². The van der Waals surface area contributed by atoms with Gasteiger partial charge in [-0.25, -0.2) is 4.39 Å². The molecule has 2 rings (SSSR count). The van der Waals surface area contributed by atoms with Crippen molar-refractivity contribution in [2.75, 3.05) is 0 Å². The molecule has 0 unspecified atom stereocenters. The summed E-state index contributed by atoms with van der Waals surface area (Å²) in [5.74, 6) is -0.166. The summed E-state index contributed by atoms with van der Waals surface area (Å²) in [5.41, 5.74) is 3.03. The van der Waals surface area contributed by atoms with Gasteiger partial charge in [0.15, 0.2) is 0 Å². The van der Waals surface area contributed by atoms with Crippen molar-refractivity contribution in [3.63, 3.8) is 0 Å². The maximum absolute atomic E-state index is 13.6. The number of nitrogens with zero attached hydrogens (tertiary/aromatic N) is 1. The Morgan fingerprint density at radius 3 is 2.78 bits per heavy atom. The molecule has 0 bridgehead atoms. The topological polar surface area (TPSA) is 24.9 Å². The third kappa shape index (κ3) is 2.93. The fraction of sp³-hybridized carbons (Fsp3) is 0.267. The first-order valence-corrected chi connectivity index (χ1v) is 6.06. The highest BCUT2D eigenvalue weighted by molar-refractivity contribution is 5.23. The van der Waals surface area contributed by atoms with E-state index in [1.165, 1.54) is 11.6 Å². The lowest BCUT2D eigenvalue weighted by Gasteiger charge is -2.15. The molecule has 2 aromatic rings. The zero-order chi connectivity index (χ0) is 13.0. The zero-order valence-electron chi connectivity index (χ0n) is 10.7. The third-order valence-electron chi connectivity index (χ3n) is 3.12. The van der Waals surface area contributed by atoms with Crippen molar-refractivity contribution in [1.29, 1.82) is 0 Å². The number of rotatable bonds is 4. The standard InChI is InChI=1S/C15H17FN2/c1-11-7-8-17-9-13(11)10-18-12(2)14-5-3-4-6-15(14)16/h3-9,12,18H,10H2,1-2H3/t12-/m1/s1. The average molecular weight is 244 g/mol. The maximum atomic E-state index is 13.6. The van der Waals surface area contributed by atoms with E-state index >= 15 is 0 Å². The van der Waals surface area contributed by atoms with E-state index in [9.17, 15) is 4.39 Å². The fourth-order valence-corrected chi connectivity index (χ4v) is 1.88. The van der Waals surface area contributed by atoms with Crippen molar-refractivity contribution < 1.29 is 4.39 Å². The normalized spacial score (nSPS) is 12.4. The predicted octanol–water partition coefficient (Wildman–Crippen LogP) is 3.38. The van der Waals surface area contributed by atoms with Crippen LogP contribution in [0.5, 0.6) is 0 Å². The molecule has 0 aliphatic carbocycles. The summed E-state index contributed by atoms with van der Waals surface area (Å²) in [6, 6.07) is 8.81. The van der Waals surface area contributed by atoms with Gasteiger partial charge in [0.1, 0.15) is 5.82 Å². The SMILES string of the molecule is Cc1ccncc1CN[C@H](C)c1ccccc1F. The van der Waals surface area contributed by atoms with Crippen LogP contribution in [0.2, 0.25) is 0 Å². The fourth-order valence-electron chi connectivity index (χ4n) is 1.88. The molecule has 0 amide bonds. The van der Waals surface area contributed by atoms with Crippen LogP contribution in [-0.2, 0) is 6.54 Å². The van der Waals surface area contributed by atoms with Gasteiger partial charge in [0.05, 0.1) is 0 Å². The number of hydrogen-bond acceptors (Lipinski definition) is 2. The molecule has 1 aromatic carbocycles. The second kappa shape index (κ2) is 5.74. The zero-order valence-corrected chi connectivity index (χ0v) is 10.7. The molecule has 0 aliphatic rings. The van der Waals surface area contributed by atoms with Crippen LogP contribution in [0.25, 0.3) is 0 Å². The molecule has 1 aromatic heterocycles. The quantitative estimate of drug-likeness (QED) is 0.891. The minimum Gasteiger partial charge on any atom is -0.306 e. The van der Waals surface area contributed by atoms with Crippen LogP contribution < -0.4 is 5.32 Å². The van der Waals surface area contributed by atoms with Crippen molar-refractivity contribution >= 4 is 0 Å². The highest BCUT2D eigenvalue weighted by Crippen LogP contribution is 2.17. The molecule has 1 atom stereocenters. The van der Waals surface area contributed by atoms with E-state index in [0.717, 1.165) is 5.56 Å². The predicted molar refractivity (Wildman–Crippen MR) is 70.6 cm³/mol. The molecule has 94 valence electrons.